The standard InChI is InChI=1S/C16H22N4O2/c1-10-5-11-7-18-20(14(11)6-13(10)17)12-8-19(9-12)15(21)22-16(2,3)4/h5-7,12H,8-9,17H2,1-4H3. The molecule has 3 rings (SSSR count). The summed E-state index contributed by atoms with van der Waals surface area (Å²) in [7, 11) is 0. The maximum absolute atomic E-state index is 12.0. The molecule has 1 aromatic carbocycles. The third kappa shape index (κ3) is 2.61. The van der Waals surface area contributed by atoms with Gasteiger partial charge in [0.05, 0.1) is 17.8 Å². The number of nitrogens with zero attached hydrogens (tertiary/aromatic N) is 3. The first-order chi connectivity index (χ1) is 10.2. The number of hydrogen-bond donors (Lipinski definition) is 1. The van der Waals surface area contributed by atoms with Crippen LogP contribution in [-0.4, -0.2) is 39.5 Å². The number of nitrogen functional groups attached to an aromatic ring is 1. The molecule has 1 aliphatic rings. The van der Waals surface area contributed by atoms with Crippen LogP contribution in [0, 0.1) is 6.92 Å². The average Bonchev–Trinajstić information content (AvgIpc) is 2.69. The molecule has 0 aliphatic carbocycles. The fourth-order valence-electron chi connectivity index (χ4n) is 2.60. The summed E-state index contributed by atoms with van der Waals surface area (Å²) in [6.45, 7) is 8.81. The number of anilines is 1. The molecule has 1 fully saturated rings. The monoisotopic (exact) mass is 302 g/mol. The molecule has 0 atom stereocenters. The summed E-state index contributed by atoms with van der Waals surface area (Å²) < 4.78 is 7.32. The zero-order chi connectivity index (χ0) is 16.1. The van der Waals surface area contributed by atoms with Crippen molar-refractivity contribution in [3.63, 3.8) is 0 Å². The van der Waals surface area contributed by atoms with Crippen molar-refractivity contribution in [1.29, 1.82) is 0 Å². The van der Waals surface area contributed by atoms with Crippen LogP contribution in [0.1, 0.15) is 32.4 Å². The second kappa shape index (κ2) is 4.90. The number of hydrogen-bond acceptors (Lipinski definition) is 4. The maximum atomic E-state index is 12.0. The Hall–Kier alpha value is -2.24. The van der Waals surface area contributed by atoms with Gasteiger partial charge in [-0.3, -0.25) is 4.68 Å². The van der Waals surface area contributed by atoms with Crippen molar-refractivity contribution in [3.05, 3.63) is 23.9 Å². The van der Waals surface area contributed by atoms with Crippen molar-refractivity contribution in [1.82, 2.24) is 14.7 Å². The van der Waals surface area contributed by atoms with Gasteiger partial charge in [0.1, 0.15) is 5.60 Å². The van der Waals surface area contributed by atoms with Crippen LogP contribution in [0.15, 0.2) is 18.3 Å². The number of carbonyl (C=O) groups is 1. The van der Waals surface area contributed by atoms with Gasteiger partial charge in [-0.1, -0.05) is 0 Å². The fourth-order valence-corrected chi connectivity index (χ4v) is 2.60. The molecule has 1 aromatic heterocycles. The molecule has 22 heavy (non-hydrogen) atoms. The van der Waals surface area contributed by atoms with Crippen LogP contribution in [0.25, 0.3) is 10.9 Å². The Morgan fingerprint density at radius 2 is 2.05 bits per heavy atom. The molecule has 0 bridgehead atoms. The Morgan fingerprint density at radius 1 is 1.36 bits per heavy atom. The predicted molar refractivity (Wildman–Crippen MR) is 85.7 cm³/mol. The lowest BCUT2D eigenvalue weighted by Crippen LogP contribution is -2.52. The third-order valence-electron chi connectivity index (χ3n) is 3.84. The van der Waals surface area contributed by atoms with Crippen LogP contribution < -0.4 is 5.73 Å². The van der Waals surface area contributed by atoms with Gasteiger partial charge in [-0.05, 0) is 45.4 Å². The van der Waals surface area contributed by atoms with E-state index in [2.05, 4.69) is 5.10 Å². The lowest BCUT2D eigenvalue weighted by atomic mass is 10.1. The highest BCUT2D eigenvalue weighted by molar-refractivity contribution is 5.83. The van der Waals surface area contributed by atoms with Crippen molar-refractivity contribution in [2.24, 2.45) is 0 Å². The normalized spacial score (nSPS) is 15.9. The van der Waals surface area contributed by atoms with Gasteiger partial charge in [-0.25, -0.2) is 4.79 Å². The van der Waals surface area contributed by atoms with E-state index < -0.39 is 5.60 Å². The number of ether oxygens (including phenoxy) is 1. The van der Waals surface area contributed by atoms with Gasteiger partial charge in [0.25, 0.3) is 0 Å². The van der Waals surface area contributed by atoms with Crippen LogP contribution in [0.3, 0.4) is 0 Å². The molecular formula is C16H22N4O2. The summed E-state index contributed by atoms with van der Waals surface area (Å²) in [5, 5.41) is 5.52. The number of benzene rings is 1. The maximum Gasteiger partial charge on any atom is 0.410 e. The van der Waals surface area contributed by atoms with E-state index in [1.165, 1.54) is 0 Å². The lowest BCUT2D eigenvalue weighted by molar-refractivity contribution is 0.000160. The lowest BCUT2D eigenvalue weighted by Gasteiger charge is -2.39. The first-order valence-electron chi connectivity index (χ1n) is 7.46. The van der Waals surface area contributed by atoms with E-state index in [4.69, 9.17) is 10.5 Å². The van der Waals surface area contributed by atoms with E-state index in [0.717, 1.165) is 22.2 Å². The number of amides is 1. The van der Waals surface area contributed by atoms with Gasteiger partial charge in [0.2, 0.25) is 0 Å². The first kappa shape index (κ1) is 14.7. The molecule has 2 N–H and O–H groups in total. The second-order valence-electron chi connectivity index (χ2n) is 6.90. The fraction of sp³-hybridized carbons (Fsp3) is 0.500. The summed E-state index contributed by atoms with van der Waals surface area (Å²) >= 11 is 0. The number of carbonyl (C=O) groups excluding carboxylic acids is 1. The van der Waals surface area contributed by atoms with Crippen LogP contribution >= 0.6 is 0 Å². The van der Waals surface area contributed by atoms with Crippen molar-refractivity contribution in [2.75, 3.05) is 18.8 Å². The number of aryl methyl sites for hydroxylation is 1. The molecule has 2 aromatic rings. The molecular weight excluding hydrogens is 280 g/mol. The van der Waals surface area contributed by atoms with Crippen molar-refractivity contribution in [2.45, 2.75) is 39.3 Å². The minimum atomic E-state index is -0.466. The average molecular weight is 302 g/mol. The highest BCUT2D eigenvalue weighted by Crippen LogP contribution is 2.28. The Labute approximate surface area is 129 Å². The topological polar surface area (TPSA) is 73.4 Å². The largest absolute Gasteiger partial charge is 0.444 e. The van der Waals surface area contributed by atoms with Gasteiger partial charge >= 0.3 is 6.09 Å². The summed E-state index contributed by atoms with van der Waals surface area (Å²) in [5.41, 5.74) is 8.35. The summed E-state index contributed by atoms with van der Waals surface area (Å²) in [6.07, 6.45) is 1.58. The van der Waals surface area contributed by atoms with E-state index in [9.17, 15) is 4.79 Å². The number of rotatable bonds is 1. The Morgan fingerprint density at radius 3 is 2.68 bits per heavy atom. The second-order valence-corrected chi connectivity index (χ2v) is 6.90. The van der Waals surface area contributed by atoms with E-state index in [0.29, 0.717) is 13.1 Å². The SMILES string of the molecule is Cc1cc2cnn(C3CN(C(=O)OC(C)(C)C)C3)c2cc1N. The Kier molecular flexibility index (Phi) is 3.27. The van der Waals surface area contributed by atoms with Crippen LogP contribution in [0.2, 0.25) is 0 Å². The van der Waals surface area contributed by atoms with Gasteiger partial charge in [-0.15, -0.1) is 0 Å². The zero-order valence-corrected chi connectivity index (χ0v) is 13.5. The summed E-state index contributed by atoms with van der Waals surface area (Å²) in [6, 6.07) is 4.17. The molecule has 118 valence electrons. The number of likely N-dealkylation sites (tertiary alicyclic amines) is 1. The van der Waals surface area contributed by atoms with E-state index in [-0.39, 0.29) is 12.1 Å². The molecule has 0 saturated carbocycles. The number of aromatic nitrogens is 2. The third-order valence-corrected chi connectivity index (χ3v) is 3.84. The van der Waals surface area contributed by atoms with Gasteiger partial charge in [0, 0.05) is 24.2 Å². The van der Waals surface area contributed by atoms with Crippen molar-refractivity contribution >= 4 is 22.7 Å². The van der Waals surface area contributed by atoms with E-state index in [1.807, 2.05) is 50.7 Å². The number of fused-ring (bicyclic) bond motifs is 1. The van der Waals surface area contributed by atoms with Crippen LogP contribution in [-0.2, 0) is 4.74 Å². The highest BCUT2D eigenvalue weighted by Gasteiger charge is 2.35. The predicted octanol–water partition coefficient (Wildman–Crippen LogP) is 2.72. The number of nitrogens with two attached hydrogens (primary N) is 1. The molecule has 1 aliphatic heterocycles. The quantitative estimate of drug-likeness (QED) is 0.822. The van der Waals surface area contributed by atoms with E-state index >= 15 is 0 Å². The zero-order valence-electron chi connectivity index (χ0n) is 13.5. The molecule has 2 heterocycles. The first-order valence-corrected chi connectivity index (χ1v) is 7.46. The van der Waals surface area contributed by atoms with Gasteiger partial charge in [0.15, 0.2) is 0 Å². The molecule has 0 unspecified atom stereocenters. The smallest absolute Gasteiger partial charge is 0.410 e. The highest BCUT2D eigenvalue weighted by atomic mass is 16.6. The van der Waals surface area contributed by atoms with Crippen molar-refractivity contribution < 1.29 is 9.53 Å². The molecule has 1 saturated heterocycles. The molecule has 0 spiro atoms. The molecule has 6 nitrogen and oxygen atoms in total. The van der Waals surface area contributed by atoms with Crippen LogP contribution in [0.5, 0.6) is 0 Å². The van der Waals surface area contributed by atoms with Gasteiger partial charge < -0.3 is 15.4 Å². The Balaban J connectivity index is 1.73. The molecule has 0 radical (unpaired) electrons. The molecule has 6 heteroatoms. The van der Waals surface area contributed by atoms with Crippen LogP contribution in [0.4, 0.5) is 10.5 Å². The van der Waals surface area contributed by atoms with Crippen molar-refractivity contribution in [3.8, 4) is 0 Å². The van der Waals surface area contributed by atoms with E-state index in [1.54, 1.807) is 4.90 Å². The Bertz CT molecular complexity index is 724. The minimum absolute atomic E-state index is 0.173. The summed E-state index contributed by atoms with van der Waals surface area (Å²) in [4.78, 5) is 13.7. The molecule has 1 amide bonds. The minimum Gasteiger partial charge on any atom is -0.444 e. The summed E-state index contributed by atoms with van der Waals surface area (Å²) in [5.74, 6) is 0. The van der Waals surface area contributed by atoms with Gasteiger partial charge in [-0.2, -0.15) is 5.10 Å².